The number of para-hydroxylation sites is 1. The third-order valence-electron chi connectivity index (χ3n) is 11.5. The number of aliphatic hydroxyl groups excluding tert-OH is 1. The van der Waals surface area contributed by atoms with Crippen LogP contribution >= 0.6 is 11.6 Å². The van der Waals surface area contributed by atoms with Crippen LogP contribution in [-0.4, -0.2) is 57.7 Å². The number of carbonyl (C=O) groups excluding carboxylic acids is 2. The Labute approximate surface area is 321 Å². The molecule has 2 amide bonds. The third-order valence-corrected chi connectivity index (χ3v) is 14.2. The Morgan fingerprint density at radius 2 is 1.74 bits per heavy atom. The van der Waals surface area contributed by atoms with Gasteiger partial charge in [0.25, 0.3) is 5.91 Å². The summed E-state index contributed by atoms with van der Waals surface area (Å²) in [5.74, 6) is -0.822. The van der Waals surface area contributed by atoms with Crippen LogP contribution in [-0.2, 0) is 39.4 Å². The highest BCUT2D eigenvalue weighted by atomic mass is 35.5. The standard InChI is InChI=1S/C42H44ClN5O5Si/c1-27-40(54(2,3)52)38(20-21-46-25-35(44-45-46)33(26-49)29-11-5-4-6-12-29)53-42(27)34-23-31(43)17-18-37(34)47(41(42)51)24-28-10-9-14-32(22-28)48-36-15-8-7-13-30(36)16-19-39(48)50/h4-15,17-18,22-23,25,27,33,38,40,49,52H,16,19-21,24,26H2,1-3H3/t27-,33?,38+,40-,42+/m1/s1. The Balaban J connectivity index is 1.08. The van der Waals surface area contributed by atoms with Gasteiger partial charge in [-0.2, -0.15) is 0 Å². The number of ether oxygens (including phenoxy) is 1. The molecule has 2 N–H and O–H groups in total. The lowest BCUT2D eigenvalue weighted by Crippen LogP contribution is -2.46. The first-order chi connectivity index (χ1) is 26.0. The Morgan fingerprint density at radius 1 is 0.963 bits per heavy atom. The highest BCUT2D eigenvalue weighted by molar-refractivity contribution is 6.71. The van der Waals surface area contributed by atoms with E-state index >= 15 is 4.79 Å². The number of halogens is 1. The van der Waals surface area contributed by atoms with Crippen molar-refractivity contribution in [2.24, 2.45) is 5.92 Å². The summed E-state index contributed by atoms with van der Waals surface area (Å²) in [6.07, 6.45) is 3.02. The van der Waals surface area contributed by atoms with E-state index in [1.165, 1.54) is 0 Å². The Morgan fingerprint density at radius 3 is 2.52 bits per heavy atom. The molecule has 0 bridgehead atoms. The van der Waals surface area contributed by atoms with Gasteiger partial charge < -0.3 is 19.5 Å². The molecule has 1 aromatic heterocycles. The van der Waals surface area contributed by atoms with Crippen molar-refractivity contribution in [1.29, 1.82) is 0 Å². The van der Waals surface area contributed by atoms with Crippen molar-refractivity contribution in [2.75, 3.05) is 16.4 Å². The van der Waals surface area contributed by atoms with Crippen molar-refractivity contribution >= 4 is 48.8 Å². The van der Waals surface area contributed by atoms with E-state index in [9.17, 15) is 14.7 Å². The largest absolute Gasteiger partial charge is 0.432 e. The molecule has 4 heterocycles. The molecule has 1 unspecified atom stereocenters. The van der Waals surface area contributed by atoms with Crippen molar-refractivity contribution in [3.8, 4) is 0 Å². The molecule has 0 aliphatic carbocycles. The van der Waals surface area contributed by atoms with Gasteiger partial charge in [0.2, 0.25) is 5.91 Å². The highest BCUT2D eigenvalue weighted by Crippen LogP contribution is 2.60. The molecule has 10 nitrogen and oxygen atoms in total. The first-order valence-corrected chi connectivity index (χ1v) is 22.0. The number of aliphatic hydroxyl groups is 1. The number of nitrogens with zero attached hydrogens (tertiary/aromatic N) is 5. The van der Waals surface area contributed by atoms with Crippen molar-refractivity contribution in [3.63, 3.8) is 0 Å². The van der Waals surface area contributed by atoms with Crippen molar-refractivity contribution in [2.45, 2.75) is 75.5 Å². The van der Waals surface area contributed by atoms with Crippen LogP contribution in [0, 0.1) is 5.92 Å². The Kier molecular flexibility index (Phi) is 9.56. The van der Waals surface area contributed by atoms with E-state index in [-0.39, 0.29) is 42.3 Å². The topological polar surface area (TPSA) is 121 Å². The molecule has 3 aliphatic rings. The first-order valence-electron chi connectivity index (χ1n) is 18.6. The van der Waals surface area contributed by atoms with Gasteiger partial charge in [-0.3, -0.25) is 19.2 Å². The van der Waals surface area contributed by atoms with E-state index in [0.29, 0.717) is 42.1 Å². The normalized spacial score (nSPS) is 22.9. The maximum Gasteiger partial charge on any atom is 0.264 e. The average molecular weight is 762 g/mol. The van der Waals surface area contributed by atoms with E-state index in [2.05, 4.69) is 16.4 Å². The number of anilines is 3. The number of rotatable bonds is 10. The van der Waals surface area contributed by atoms with Crippen LogP contribution < -0.4 is 9.80 Å². The minimum Gasteiger partial charge on any atom is -0.432 e. The van der Waals surface area contributed by atoms with Crippen LogP contribution in [0.4, 0.5) is 17.1 Å². The lowest BCUT2D eigenvalue weighted by Gasteiger charge is -2.32. The zero-order valence-electron chi connectivity index (χ0n) is 30.6. The maximum absolute atomic E-state index is 15.0. The summed E-state index contributed by atoms with van der Waals surface area (Å²) in [5.41, 5.74) is 5.03. The molecule has 278 valence electrons. The van der Waals surface area contributed by atoms with Crippen LogP contribution in [0.15, 0.2) is 103 Å². The van der Waals surface area contributed by atoms with Gasteiger partial charge in [0.15, 0.2) is 13.9 Å². The quantitative estimate of drug-likeness (QED) is 0.146. The lowest BCUT2D eigenvalue weighted by atomic mass is 9.82. The molecule has 8 rings (SSSR count). The molecule has 1 saturated heterocycles. The number of benzene rings is 4. The molecule has 3 aliphatic heterocycles. The number of carbonyl (C=O) groups is 2. The second-order valence-electron chi connectivity index (χ2n) is 15.3. The van der Waals surface area contributed by atoms with Crippen LogP contribution in [0.25, 0.3) is 0 Å². The molecule has 0 saturated carbocycles. The summed E-state index contributed by atoms with van der Waals surface area (Å²) < 4.78 is 8.78. The number of aromatic nitrogens is 3. The molecular formula is C42H44ClN5O5Si. The van der Waals surface area contributed by atoms with Crippen LogP contribution in [0.5, 0.6) is 0 Å². The summed E-state index contributed by atoms with van der Waals surface area (Å²) in [6, 6.07) is 31.0. The minimum atomic E-state index is -2.91. The SMILES string of the molecule is C[C@@H]1[C@@H]([Si](C)(C)O)[C@H](CCn2cc(C(CO)c3ccccc3)nn2)O[C@@]12C(=O)N(Cc1cccc(N3C(=O)CCc4ccccc43)c1)c1ccc(Cl)cc12. The predicted molar refractivity (Wildman–Crippen MR) is 210 cm³/mol. The minimum absolute atomic E-state index is 0.0367. The lowest BCUT2D eigenvalue weighted by molar-refractivity contribution is -0.146. The summed E-state index contributed by atoms with van der Waals surface area (Å²) in [4.78, 5) is 43.6. The maximum atomic E-state index is 15.0. The molecule has 5 aromatic rings. The van der Waals surface area contributed by atoms with Gasteiger partial charge in [-0.25, -0.2) is 0 Å². The monoisotopic (exact) mass is 761 g/mol. The summed E-state index contributed by atoms with van der Waals surface area (Å²) in [7, 11) is -2.91. The Hall–Kier alpha value is -4.65. The molecule has 1 fully saturated rings. The zero-order valence-corrected chi connectivity index (χ0v) is 32.4. The predicted octanol–water partition coefficient (Wildman–Crippen LogP) is 7.10. The van der Waals surface area contributed by atoms with Gasteiger partial charge >= 0.3 is 0 Å². The molecule has 54 heavy (non-hydrogen) atoms. The van der Waals surface area contributed by atoms with E-state index in [1.807, 2.05) is 111 Å². The van der Waals surface area contributed by atoms with Crippen LogP contribution in [0.3, 0.4) is 0 Å². The molecule has 12 heteroatoms. The van der Waals surface area contributed by atoms with Crippen LogP contribution in [0.2, 0.25) is 23.7 Å². The highest BCUT2D eigenvalue weighted by Gasteiger charge is 2.66. The number of hydrogen-bond donors (Lipinski definition) is 2. The van der Waals surface area contributed by atoms with E-state index in [1.54, 1.807) is 20.5 Å². The van der Waals surface area contributed by atoms with Crippen molar-refractivity contribution < 1.29 is 24.2 Å². The number of aryl methyl sites for hydroxylation is 2. The number of hydrogen-bond acceptors (Lipinski definition) is 7. The molecule has 1 spiro atoms. The van der Waals surface area contributed by atoms with Gasteiger partial charge in [0.05, 0.1) is 42.2 Å². The van der Waals surface area contributed by atoms with Gasteiger partial charge in [-0.15, -0.1) is 5.10 Å². The van der Waals surface area contributed by atoms with E-state index in [4.69, 9.17) is 16.3 Å². The summed E-state index contributed by atoms with van der Waals surface area (Å²) in [6.45, 7) is 6.43. The van der Waals surface area contributed by atoms with Crippen molar-refractivity contribution in [1.82, 2.24) is 15.0 Å². The Bertz CT molecular complexity index is 2210. The first kappa shape index (κ1) is 36.3. The van der Waals surface area contributed by atoms with Gasteiger partial charge in [-0.05, 0) is 79.0 Å². The van der Waals surface area contributed by atoms with E-state index in [0.717, 1.165) is 33.8 Å². The number of fused-ring (bicyclic) bond motifs is 3. The second-order valence-corrected chi connectivity index (χ2v) is 19.7. The summed E-state index contributed by atoms with van der Waals surface area (Å²) in [5, 5.41) is 19.5. The smallest absolute Gasteiger partial charge is 0.264 e. The van der Waals surface area contributed by atoms with Gasteiger partial charge in [0, 0.05) is 46.9 Å². The molecule has 0 radical (unpaired) electrons. The molecular weight excluding hydrogens is 718 g/mol. The van der Waals surface area contributed by atoms with Gasteiger partial charge in [0.1, 0.15) is 0 Å². The van der Waals surface area contributed by atoms with Crippen molar-refractivity contribution in [3.05, 3.63) is 136 Å². The molecule has 5 atom stereocenters. The average Bonchev–Trinajstić information content (AvgIpc) is 3.81. The second kappa shape index (κ2) is 14.2. The van der Waals surface area contributed by atoms with Crippen LogP contribution in [0.1, 0.15) is 53.6 Å². The summed E-state index contributed by atoms with van der Waals surface area (Å²) >= 11 is 6.64. The fraction of sp³-hybridized carbons (Fsp3) is 0.333. The van der Waals surface area contributed by atoms with Gasteiger partial charge in [-0.1, -0.05) is 84.4 Å². The zero-order chi connectivity index (χ0) is 37.8. The number of amides is 2. The van der Waals surface area contributed by atoms with E-state index < -0.39 is 20.0 Å². The molecule has 4 aromatic carbocycles. The third kappa shape index (κ3) is 6.27. The fourth-order valence-corrected chi connectivity index (χ4v) is 11.8. The fourth-order valence-electron chi connectivity index (χ4n) is 9.06.